The lowest BCUT2D eigenvalue weighted by atomic mass is 9.62. The van der Waals surface area contributed by atoms with E-state index in [1.54, 1.807) is 35.1 Å². The lowest BCUT2D eigenvalue weighted by Gasteiger charge is -2.42. The molecule has 3 aromatic rings. The van der Waals surface area contributed by atoms with Crippen molar-refractivity contribution in [3.8, 4) is 0 Å². The molecule has 0 atom stereocenters. The summed E-state index contributed by atoms with van der Waals surface area (Å²) in [5.74, 6) is -1.94. The summed E-state index contributed by atoms with van der Waals surface area (Å²) >= 11 is 0. The number of hydrogen-bond donors (Lipinski definition) is 2. The van der Waals surface area contributed by atoms with Crippen molar-refractivity contribution in [2.24, 2.45) is 0 Å². The maximum atomic E-state index is 11.3. The van der Waals surface area contributed by atoms with Gasteiger partial charge < -0.3 is 10.2 Å². The molecule has 4 rings (SSSR count). The van der Waals surface area contributed by atoms with Crippen molar-refractivity contribution < 1.29 is 19.8 Å². The highest BCUT2D eigenvalue weighted by atomic mass is 16.4. The second-order valence-electron chi connectivity index (χ2n) is 10.4. The van der Waals surface area contributed by atoms with Crippen LogP contribution >= 0.6 is 0 Å². The molecule has 0 amide bonds. The fourth-order valence-corrected chi connectivity index (χ4v) is 4.63. The van der Waals surface area contributed by atoms with E-state index >= 15 is 0 Å². The Balaban J connectivity index is 1.78. The van der Waals surface area contributed by atoms with Gasteiger partial charge in [-0.2, -0.15) is 5.10 Å². The second-order valence-corrected chi connectivity index (χ2v) is 10.4. The standard InChI is InChI=1S/C28H30N2O4/c1-27(2)11-12-28(3,4)24-14-21(16-30-17-22(15-29-30)26(33)34)20(13-23(24)27)10-7-18-5-8-19(9-6-18)25(31)32/h5-10,13-15,17H,11-12,16H2,1-4H3,(H,31,32)(H,33,34). The molecule has 1 heterocycles. The molecule has 0 fully saturated rings. The van der Waals surface area contributed by atoms with Crippen LogP contribution in [0.1, 0.15) is 89.1 Å². The number of aromatic nitrogens is 2. The second kappa shape index (κ2) is 8.60. The molecular formula is C28H30N2O4. The Morgan fingerprint density at radius 3 is 2.06 bits per heavy atom. The van der Waals surface area contributed by atoms with Crippen LogP contribution in [-0.2, 0) is 17.4 Å². The SMILES string of the molecule is CC1(C)CCC(C)(C)c2cc(Cn3cc(C(=O)O)cn3)c(C=Cc3ccc(C(=O)O)cc3)cc21. The van der Waals surface area contributed by atoms with Gasteiger partial charge in [0.15, 0.2) is 0 Å². The molecule has 1 aliphatic carbocycles. The zero-order chi connectivity index (χ0) is 24.7. The van der Waals surface area contributed by atoms with E-state index in [1.165, 1.54) is 17.3 Å². The van der Waals surface area contributed by atoms with Gasteiger partial charge >= 0.3 is 11.9 Å². The summed E-state index contributed by atoms with van der Waals surface area (Å²) in [4.78, 5) is 22.4. The average molecular weight is 459 g/mol. The minimum Gasteiger partial charge on any atom is -0.478 e. The molecule has 2 N–H and O–H groups in total. The number of fused-ring (bicyclic) bond motifs is 1. The largest absolute Gasteiger partial charge is 0.478 e. The Morgan fingerprint density at radius 1 is 0.912 bits per heavy atom. The normalized spacial score (nSPS) is 16.4. The molecule has 0 aliphatic heterocycles. The number of rotatable bonds is 6. The number of carbonyl (C=O) groups is 2. The van der Waals surface area contributed by atoms with Gasteiger partial charge in [-0.3, -0.25) is 4.68 Å². The van der Waals surface area contributed by atoms with E-state index < -0.39 is 11.9 Å². The molecule has 0 saturated heterocycles. The molecule has 0 saturated carbocycles. The Kier molecular flexibility index (Phi) is 5.94. The lowest BCUT2D eigenvalue weighted by Crippen LogP contribution is -2.34. The average Bonchev–Trinajstić information content (AvgIpc) is 3.25. The third-order valence-electron chi connectivity index (χ3n) is 6.94. The fourth-order valence-electron chi connectivity index (χ4n) is 4.63. The van der Waals surface area contributed by atoms with Crippen LogP contribution in [0, 0.1) is 0 Å². The van der Waals surface area contributed by atoms with Crippen molar-refractivity contribution >= 4 is 24.1 Å². The van der Waals surface area contributed by atoms with Crippen LogP contribution in [0.5, 0.6) is 0 Å². The summed E-state index contributed by atoms with van der Waals surface area (Å²) in [5, 5.41) is 22.7. The monoisotopic (exact) mass is 458 g/mol. The molecule has 0 unspecified atom stereocenters. The van der Waals surface area contributed by atoms with Crippen molar-refractivity contribution in [1.29, 1.82) is 0 Å². The van der Waals surface area contributed by atoms with Crippen LogP contribution in [0.25, 0.3) is 12.2 Å². The molecule has 1 aliphatic rings. The smallest absolute Gasteiger partial charge is 0.338 e. The highest BCUT2D eigenvalue weighted by Crippen LogP contribution is 2.46. The van der Waals surface area contributed by atoms with Crippen molar-refractivity contribution in [1.82, 2.24) is 9.78 Å². The van der Waals surface area contributed by atoms with Crippen LogP contribution in [0.2, 0.25) is 0 Å². The zero-order valence-electron chi connectivity index (χ0n) is 20.0. The predicted molar refractivity (Wildman–Crippen MR) is 132 cm³/mol. The molecular weight excluding hydrogens is 428 g/mol. The number of aromatic carboxylic acids is 2. The topological polar surface area (TPSA) is 92.4 Å². The Bertz CT molecular complexity index is 1280. The quantitative estimate of drug-likeness (QED) is 0.452. The summed E-state index contributed by atoms with van der Waals surface area (Å²) in [7, 11) is 0. The van der Waals surface area contributed by atoms with Crippen molar-refractivity contribution in [3.63, 3.8) is 0 Å². The lowest BCUT2D eigenvalue weighted by molar-refractivity contribution is 0.0686. The summed E-state index contributed by atoms with van der Waals surface area (Å²) in [6, 6.07) is 11.3. The summed E-state index contributed by atoms with van der Waals surface area (Å²) < 4.78 is 1.66. The molecule has 6 heteroatoms. The summed E-state index contributed by atoms with van der Waals surface area (Å²) in [5.41, 5.74) is 6.18. The third kappa shape index (κ3) is 4.67. The molecule has 176 valence electrons. The van der Waals surface area contributed by atoms with Gasteiger partial charge in [-0.1, -0.05) is 64.1 Å². The van der Waals surface area contributed by atoms with E-state index in [-0.39, 0.29) is 22.0 Å². The van der Waals surface area contributed by atoms with Gasteiger partial charge in [0, 0.05) is 6.20 Å². The van der Waals surface area contributed by atoms with Crippen molar-refractivity contribution in [3.05, 3.63) is 87.7 Å². The minimum atomic E-state index is -0.996. The molecule has 6 nitrogen and oxygen atoms in total. The predicted octanol–water partition coefficient (Wildman–Crippen LogP) is 5.85. The van der Waals surface area contributed by atoms with Crippen molar-refractivity contribution in [2.45, 2.75) is 57.9 Å². The van der Waals surface area contributed by atoms with Crippen molar-refractivity contribution in [2.75, 3.05) is 0 Å². The first-order chi connectivity index (χ1) is 16.0. The van der Waals surface area contributed by atoms with Gasteiger partial charge in [0.25, 0.3) is 0 Å². The highest BCUT2D eigenvalue weighted by molar-refractivity contribution is 5.88. The van der Waals surface area contributed by atoms with E-state index in [4.69, 9.17) is 5.11 Å². The molecule has 0 radical (unpaired) electrons. The van der Waals surface area contributed by atoms with Gasteiger partial charge in [0.05, 0.1) is 23.9 Å². The van der Waals surface area contributed by atoms with Crippen LogP contribution in [0.4, 0.5) is 0 Å². The fraction of sp³-hybridized carbons (Fsp3) is 0.321. The van der Waals surface area contributed by atoms with Gasteiger partial charge in [0.2, 0.25) is 0 Å². The van der Waals surface area contributed by atoms with E-state index in [0.717, 1.165) is 29.5 Å². The van der Waals surface area contributed by atoms with E-state index in [2.05, 4.69) is 44.9 Å². The molecule has 1 aromatic heterocycles. The van der Waals surface area contributed by atoms with E-state index in [1.807, 2.05) is 12.2 Å². The molecule has 0 bridgehead atoms. The van der Waals surface area contributed by atoms with Crippen LogP contribution < -0.4 is 0 Å². The Labute approximate surface area is 199 Å². The number of benzene rings is 2. The molecule has 0 spiro atoms. The first-order valence-electron chi connectivity index (χ1n) is 11.4. The highest BCUT2D eigenvalue weighted by Gasteiger charge is 2.37. The Morgan fingerprint density at radius 2 is 1.50 bits per heavy atom. The maximum absolute atomic E-state index is 11.3. The van der Waals surface area contributed by atoms with Gasteiger partial charge in [-0.25, -0.2) is 9.59 Å². The first kappa shape index (κ1) is 23.5. The van der Waals surface area contributed by atoms with Crippen LogP contribution in [0.15, 0.2) is 48.8 Å². The number of carboxylic acid groups (broad SMARTS) is 2. The Hall–Kier alpha value is -3.67. The summed E-state index contributed by atoms with van der Waals surface area (Å²) in [6.45, 7) is 9.58. The van der Waals surface area contributed by atoms with E-state index in [9.17, 15) is 14.7 Å². The van der Waals surface area contributed by atoms with Gasteiger partial charge in [0.1, 0.15) is 0 Å². The van der Waals surface area contributed by atoms with Gasteiger partial charge in [-0.05, 0) is 63.6 Å². The minimum absolute atomic E-state index is 0.0465. The maximum Gasteiger partial charge on any atom is 0.338 e. The number of hydrogen-bond acceptors (Lipinski definition) is 3. The van der Waals surface area contributed by atoms with E-state index in [0.29, 0.717) is 6.54 Å². The molecule has 2 aromatic carbocycles. The third-order valence-corrected chi connectivity index (χ3v) is 6.94. The van der Waals surface area contributed by atoms with Crippen LogP contribution in [0.3, 0.4) is 0 Å². The number of carboxylic acids is 2. The first-order valence-corrected chi connectivity index (χ1v) is 11.4. The summed E-state index contributed by atoms with van der Waals surface area (Å²) in [6.07, 6.45) is 9.15. The van der Waals surface area contributed by atoms with Gasteiger partial charge in [-0.15, -0.1) is 0 Å². The van der Waals surface area contributed by atoms with Crippen LogP contribution in [-0.4, -0.2) is 31.9 Å². The number of nitrogens with zero attached hydrogens (tertiary/aromatic N) is 2. The molecule has 34 heavy (non-hydrogen) atoms. The zero-order valence-corrected chi connectivity index (χ0v) is 20.0.